The average Bonchev–Trinajstić information content (AvgIpc) is 2.34. The molecule has 0 aliphatic carbocycles. The van der Waals surface area contributed by atoms with Crippen LogP contribution in [0.5, 0.6) is 0 Å². The van der Waals surface area contributed by atoms with Crippen molar-refractivity contribution in [2.45, 2.75) is 46.8 Å². The van der Waals surface area contributed by atoms with E-state index in [1.54, 1.807) is 0 Å². The van der Waals surface area contributed by atoms with Crippen molar-refractivity contribution in [3.05, 3.63) is 35.4 Å². The second-order valence-electron chi connectivity index (χ2n) is 5.11. The molecule has 0 aliphatic rings. The fourth-order valence-corrected chi connectivity index (χ4v) is 2.28. The van der Waals surface area contributed by atoms with Gasteiger partial charge < -0.3 is 10.1 Å². The molecule has 2 nitrogen and oxygen atoms in total. The lowest BCUT2D eigenvalue weighted by molar-refractivity contribution is 0.00317. The second kappa shape index (κ2) is 7.55. The molecule has 1 aromatic carbocycles. The first-order chi connectivity index (χ1) is 8.60. The Bertz CT molecular complexity index is 331. The third-order valence-corrected chi connectivity index (χ3v) is 3.21. The van der Waals surface area contributed by atoms with E-state index in [-0.39, 0.29) is 12.1 Å². The third kappa shape index (κ3) is 4.11. The molecule has 1 rings (SSSR count). The molecule has 0 radical (unpaired) electrons. The minimum absolute atomic E-state index is 0.220. The predicted molar refractivity (Wildman–Crippen MR) is 77.8 cm³/mol. The summed E-state index contributed by atoms with van der Waals surface area (Å²) in [5.41, 5.74) is 2.61. The Morgan fingerprint density at radius 2 is 1.72 bits per heavy atom. The fourth-order valence-electron chi connectivity index (χ4n) is 2.28. The lowest BCUT2D eigenvalue weighted by Crippen LogP contribution is -2.37. The van der Waals surface area contributed by atoms with Gasteiger partial charge in [-0.2, -0.15) is 0 Å². The minimum Gasteiger partial charge on any atom is -0.376 e. The highest BCUT2D eigenvalue weighted by Gasteiger charge is 2.25. The van der Waals surface area contributed by atoms with E-state index in [1.165, 1.54) is 11.1 Å². The Kier molecular flexibility index (Phi) is 6.37. The molecule has 2 heteroatoms. The van der Waals surface area contributed by atoms with Crippen LogP contribution in [-0.2, 0) is 4.74 Å². The molecule has 0 bridgehead atoms. The monoisotopic (exact) mass is 249 g/mol. The zero-order chi connectivity index (χ0) is 13.5. The lowest BCUT2D eigenvalue weighted by Gasteiger charge is -2.31. The van der Waals surface area contributed by atoms with E-state index in [2.05, 4.69) is 64.2 Å². The third-order valence-electron chi connectivity index (χ3n) is 3.21. The Labute approximate surface area is 112 Å². The summed E-state index contributed by atoms with van der Waals surface area (Å²) in [7, 11) is 0. The van der Waals surface area contributed by atoms with Crippen LogP contribution in [0.4, 0.5) is 0 Å². The van der Waals surface area contributed by atoms with Gasteiger partial charge in [-0.1, -0.05) is 50.6 Å². The summed E-state index contributed by atoms with van der Waals surface area (Å²) in [5, 5.41) is 3.56. The van der Waals surface area contributed by atoms with Crippen molar-refractivity contribution in [1.82, 2.24) is 5.32 Å². The van der Waals surface area contributed by atoms with Gasteiger partial charge in [-0.15, -0.1) is 0 Å². The molecule has 2 atom stereocenters. The molecule has 0 heterocycles. The number of aryl methyl sites for hydroxylation is 1. The Morgan fingerprint density at radius 3 is 2.17 bits per heavy atom. The standard InChI is InChI=1S/C16H27NO/c1-6-17-15(16(12(3)4)18-7-2)14-10-8-13(5)9-11-14/h8-12,15-17H,6-7H2,1-5H3. The Balaban J connectivity index is 2.95. The molecule has 0 spiro atoms. The summed E-state index contributed by atoms with van der Waals surface area (Å²) in [6.07, 6.45) is 0.220. The first-order valence-electron chi connectivity index (χ1n) is 7.01. The van der Waals surface area contributed by atoms with Crippen LogP contribution < -0.4 is 5.32 Å². The molecule has 1 aromatic rings. The molecule has 0 saturated carbocycles. The largest absolute Gasteiger partial charge is 0.376 e. The van der Waals surface area contributed by atoms with E-state index >= 15 is 0 Å². The lowest BCUT2D eigenvalue weighted by atomic mass is 9.93. The van der Waals surface area contributed by atoms with Crippen LogP contribution in [0.15, 0.2) is 24.3 Å². The van der Waals surface area contributed by atoms with Gasteiger partial charge in [0.15, 0.2) is 0 Å². The van der Waals surface area contributed by atoms with Crippen molar-refractivity contribution in [2.24, 2.45) is 5.92 Å². The van der Waals surface area contributed by atoms with Gasteiger partial charge in [0, 0.05) is 6.61 Å². The smallest absolute Gasteiger partial charge is 0.0792 e. The SMILES string of the molecule is CCNC(c1ccc(C)cc1)C(OCC)C(C)C. The molecule has 2 unspecified atom stereocenters. The summed E-state index contributed by atoms with van der Waals surface area (Å²) >= 11 is 0. The van der Waals surface area contributed by atoms with Gasteiger partial charge in [0.1, 0.15) is 0 Å². The molecule has 0 saturated heterocycles. The van der Waals surface area contributed by atoms with Gasteiger partial charge in [0.25, 0.3) is 0 Å². The summed E-state index contributed by atoms with van der Waals surface area (Å²) in [4.78, 5) is 0. The number of likely N-dealkylation sites (N-methyl/N-ethyl adjacent to an activating group) is 1. The second-order valence-corrected chi connectivity index (χ2v) is 5.11. The summed E-state index contributed by atoms with van der Waals surface area (Å²) in [5.74, 6) is 0.496. The van der Waals surface area contributed by atoms with E-state index in [0.29, 0.717) is 5.92 Å². The van der Waals surface area contributed by atoms with Gasteiger partial charge in [0.2, 0.25) is 0 Å². The van der Waals surface area contributed by atoms with Crippen molar-refractivity contribution in [3.63, 3.8) is 0 Å². The van der Waals surface area contributed by atoms with Gasteiger partial charge in [-0.25, -0.2) is 0 Å². The molecule has 18 heavy (non-hydrogen) atoms. The molecule has 0 aromatic heterocycles. The highest BCUT2D eigenvalue weighted by molar-refractivity contribution is 5.25. The van der Waals surface area contributed by atoms with Crippen LogP contribution in [-0.4, -0.2) is 19.3 Å². The molecular formula is C16H27NO. The quantitative estimate of drug-likeness (QED) is 0.795. The maximum absolute atomic E-state index is 5.94. The van der Waals surface area contributed by atoms with Crippen molar-refractivity contribution in [3.8, 4) is 0 Å². The maximum Gasteiger partial charge on any atom is 0.0792 e. The molecule has 0 fully saturated rings. The Morgan fingerprint density at radius 1 is 1.11 bits per heavy atom. The van der Waals surface area contributed by atoms with E-state index < -0.39 is 0 Å². The molecule has 1 N–H and O–H groups in total. The molecule has 0 amide bonds. The van der Waals surface area contributed by atoms with Crippen molar-refractivity contribution >= 4 is 0 Å². The predicted octanol–water partition coefficient (Wildman–Crippen LogP) is 3.71. The number of ether oxygens (including phenoxy) is 1. The minimum atomic E-state index is 0.220. The van der Waals surface area contributed by atoms with Gasteiger partial charge >= 0.3 is 0 Å². The first kappa shape index (κ1) is 15.2. The average molecular weight is 249 g/mol. The van der Waals surface area contributed by atoms with Crippen LogP contribution in [0.25, 0.3) is 0 Å². The van der Waals surface area contributed by atoms with Crippen LogP contribution >= 0.6 is 0 Å². The zero-order valence-corrected chi connectivity index (χ0v) is 12.4. The topological polar surface area (TPSA) is 21.3 Å². The van der Waals surface area contributed by atoms with Gasteiger partial charge in [-0.3, -0.25) is 0 Å². The number of rotatable bonds is 7. The van der Waals surface area contributed by atoms with Crippen LogP contribution in [0, 0.1) is 12.8 Å². The number of benzene rings is 1. The van der Waals surface area contributed by atoms with E-state index in [1.807, 2.05) is 0 Å². The van der Waals surface area contributed by atoms with E-state index in [0.717, 1.165) is 13.2 Å². The normalized spacial score (nSPS) is 14.8. The number of hydrogen-bond acceptors (Lipinski definition) is 2. The van der Waals surface area contributed by atoms with Crippen molar-refractivity contribution in [2.75, 3.05) is 13.2 Å². The van der Waals surface area contributed by atoms with Gasteiger partial charge in [-0.05, 0) is 31.9 Å². The number of hydrogen-bond donors (Lipinski definition) is 1. The van der Waals surface area contributed by atoms with E-state index in [4.69, 9.17) is 4.74 Å². The summed E-state index contributed by atoms with van der Waals surface area (Å²) in [6.45, 7) is 12.5. The van der Waals surface area contributed by atoms with Gasteiger partial charge in [0.05, 0.1) is 12.1 Å². The summed E-state index contributed by atoms with van der Waals surface area (Å²) < 4.78 is 5.94. The Hall–Kier alpha value is -0.860. The summed E-state index contributed by atoms with van der Waals surface area (Å²) in [6, 6.07) is 9.02. The van der Waals surface area contributed by atoms with E-state index in [9.17, 15) is 0 Å². The maximum atomic E-state index is 5.94. The first-order valence-corrected chi connectivity index (χ1v) is 7.01. The van der Waals surface area contributed by atoms with Crippen LogP contribution in [0.2, 0.25) is 0 Å². The van der Waals surface area contributed by atoms with Crippen LogP contribution in [0.3, 0.4) is 0 Å². The zero-order valence-electron chi connectivity index (χ0n) is 12.4. The molecule has 102 valence electrons. The molecule has 0 aliphatic heterocycles. The highest BCUT2D eigenvalue weighted by atomic mass is 16.5. The van der Waals surface area contributed by atoms with Crippen LogP contribution in [0.1, 0.15) is 44.9 Å². The molecular weight excluding hydrogens is 222 g/mol. The number of nitrogens with one attached hydrogen (secondary N) is 1. The fraction of sp³-hybridized carbons (Fsp3) is 0.625. The van der Waals surface area contributed by atoms with Crippen molar-refractivity contribution < 1.29 is 4.74 Å². The van der Waals surface area contributed by atoms with Crippen molar-refractivity contribution in [1.29, 1.82) is 0 Å². The highest BCUT2D eigenvalue weighted by Crippen LogP contribution is 2.25.